The lowest BCUT2D eigenvalue weighted by Gasteiger charge is -2.25. The van der Waals surface area contributed by atoms with Gasteiger partial charge in [-0.05, 0) is 79.9 Å². The van der Waals surface area contributed by atoms with Crippen LogP contribution in [0.15, 0.2) is 81.7 Å². The molecule has 0 saturated heterocycles. The number of hydrogen-bond donors (Lipinski definition) is 1. The summed E-state index contributed by atoms with van der Waals surface area (Å²) in [6, 6.07) is 16.2. The molecule has 3 aromatic carbocycles. The van der Waals surface area contributed by atoms with Crippen molar-refractivity contribution in [2.75, 3.05) is 27.4 Å². The molecule has 47 heavy (non-hydrogen) atoms. The van der Waals surface area contributed by atoms with E-state index in [-0.39, 0.29) is 29.9 Å². The zero-order chi connectivity index (χ0) is 33.7. The van der Waals surface area contributed by atoms with Crippen molar-refractivity contribution >= 4 is 29.4 Å². The molecule has 12 heteroatoms. The van der Waals surface area contributed by atoms with Crippen LogP contribution in [-0.2, 0) is 16.1 Å². The first kappa shape index (κ1) is 33.0. The van der Waals surface area contributed by atoms with E-state index >= 15 is 0 Å². The minimum Gasteiger partial charge on any atom is -0.493 e. The van der Waals surface area contributed by atoms with E-state index in [2.05, 4.69) is 4.99 Å². The summed E-state index contributed by atoms with van der Waals surface area (Å²) in [6.45, 7) is 6.00. The predicted molar refractivity (Wildman–Crippen MR) is 175 cm³/mol. The van der Waals surface area contributed by atoms with Crippen LogP contribution in [0.25, 0.3) is 6.08 Å². The average molecular weight is 659 g/mol. The number of ether oxygens (including phenoxy) is 5. The minimum atomic E-state index is -1.02. The van der Waals surface area contributed by atoms with Gasteiger partial charge in [-0.1, -0.05) is 35.6 Å². The molecule has 11 nitrogen and oxygen atoms in total. The number of aromatic carboxylic acids is 1. The Morgan fingerprint density at radius 2 is 1.70 bits per heavy atom. The van der Waals surface area contributed by atoms with Crippen LogP contribution in [0.1, 0.15) is 53.9 Å². The molecule has 0 unspecified atom stereocenters. The highest BCUT2D eigenvalue weighted by Gasteiger charge is 2.34. The lowest BCUT2D eigenvalue weighted by Crippen LogP contribution is -2.40. The van der Waals surface area contributed by atoms with E-state index in [0.29, 0.717) is 61.3 Å². The molecule has 2 heterocycles. The fraction of sp³-hybridized carbons (Fsp3) is 0.257. The first-order valence-corrected chi connectivity index (χ1v) is 15.6. The highest BCUT2D eigenvalue weighted by molar-refractivity contribution is 7.07. The molecule has 1 N–H and O–H groups in total. The van der Waals surface area contributed by atoms with E-state index < -0.39 is 18.0 Å². The number of rotatable bonds is 12. The number of allylic oxidation sites excluding steroid dienone is 1. The minimum absolute atomic E-state index is 0.133. The molecule has 0 aliphatic carbocycles. The van der Waals surface area contributed by atoms with Gasteiger partial charge in [0, 0.05) is 0 Å². The van der Waals surface area contributed by atoms with Gasteiger partial charge in [-0.25, -0.2) is 14.6 Å². The molecule has 1 aromatic heterocycles. The van der Waals surface area contributed by atoms with Gasteiger partial charge in [-0.15, -0.1) is 0 Å². The highest BCUT2D eigenvalue weighted by Crippen LogP contribution is 2.36. The maximum atomic E-state index is 14.1. The highest BCUT2D eigenvalue weighted by atomic mass is 32.1. The summed E-state index contributed by atoms with van der Waals surface area (Å²) in [4.78, 5) is 43.7. The molecule has 244 valence electrons. The van der Waals surface area contributed by atoms with Crippen LogP contribution in [0.4, 0.5) is 0 Å². The number of carbonyl (C=O) groups excluding carboxylic acids is 1. The van der Waals surface area contributed by atoms with Crippen LogP contribution in [0, 0.1) is 0 Å². The summed E-state index contributed by atoms with van der Waals surface area (Å²) in [5.41, 5.74) is 2.55. The maximum absolute atomic E-state index is 14.1. The van der Waals surface area contributed by atoms with Crippen LogP contribution in [0.3, 0.4) is 0 Å². The maximum Gasteiger partial charge on any atom is 0.338 e. The Labute approximate surface area is 274 Å². The predicted octanol–water partition coefficient (Wildman–Crippen LogP) is 4.49. The van der Waals surface area contributed by atoms with Crippen LogP contribution >= 0.6 is 11.3 Å². The van der Waals surface area contributed by atoms with E-state index in [0.717, 1.165) is 0 Å². The van der Waals surface area contributed by atoms with Gasteiger partial charge in [0.25, 0.3) is 5.56 Å². The summed E-state index contributed by atoms with van der Waals surface area (Å²) < 4.78 is 30.1. The second-order valence-corrected chi connectivity index (χ2v) is 11.4. The van der Waals surface area contributed by atoms with Crippen molar-refractivity contribution in [3.05, 3.63) is 114 Å². The molecular formula is C35H34N2O9S. The van der Waals surface area contributed by atoms with E-state index in [1.54, 1.807) is 81.6 Å². The van der Waals surface area contributed by atoms with Crippen LogP contribution in [0.2, 0.25) is 0 Å². The third-order valence-corrected chi connectivity index (χ3v) is 8.36. The second-order valence-electron chi connectivity index (χ2n) is 10.4. The zero-order valence-corrected chi connectivity index (χ0v) is 27.4. The van der Waals surface area contributed by atoms with Gasteiger partial charge in [0.2, 0.25) is 0 Å². The molecule has 0 amide bonds. The van der Waals surface area contributed by atoms with Gasteiger partial charge < -0.3 is 28.8 Å². The van der Waals surface area contributed by atoms with Crippen molar-refractivity contribution in [1.82, 2.24) is 4.57 Å². The number of hydrogen-bond acceptors (Lipinski definition) is 10. The Bertz CT molecular complexity index is 2040. The van der Waals surface area contributed by atoms with E-state index in [1.165, 1.54) is 29.1 Å². The summed E-state index contributed by atoms with van der Waals surface area (Å²) in [6.07, 6.45) is 1.73. The zero-order valence-electron chi connectivity index (χ0n) is 26.6. The smallest absolute Gasteiger partial charge is 0.338 e. The normalized spacial score (nSPS) is 14.2. The number of carboxylic acid groups (broad SMARTS) is 1. The molecule has 1 aliphatic rings. The van der Waals surface area contributed by atoms with Crippen molar-refractivity contribution in [2.45, 2.75) is 33.4 Å². The second kappa shape index (κ2) is 14.4. The molecule has 1 atom stereocenters. The number of benzene rings is 3. The van der Waals surface area contributed by atoms with E-state index in [1.807, 2.05) is 6.92 Å². The SMILES string of the molecule is CCOC(=O)C1=C(C)N=c2s/c(=C\c3ccc(OCc4cccc(C(=O)O)c4)c(OC)c3)c(=O)n2[C@H]1c1ccc(OC)c(OCC)c1. The van der Waals surface area contributed by atoms with Crippen LogP contribution < -0.4 is 33.8 Å². The fourth-order valence-electron chi connectivity index (χ4n) is 5.24. The molecular weight excluding hydrogens is 624 g/mol. The quantitative estimate of drug-likeness (QED) is 0.219. The number of methoxy groups -OCH3 is 2. The first-order chi connectivity index (χ1) is 22.7. The molecule has 5 rings (SSSR count). The van der Waals surface area contributed by atoms with Crippen LogP contribution in [0.5, 0.6) is 23.0 Å². The first-order valence-electron chi connectivity index (χ1n) is 14.8. The number of carboxylic acids is 1. The number of aromatic nitrogens is 1. The number of thiazole rings is 1. The number of esters is 1. The Morgan fingerprint density at radius 1 is 0.936 bits per heavy atom. The van der Waals surface area contributed by atoms with Crippen molar-refractivity contribution < 1.29 is 38.4 Å². The molecule has 1 aliphatic heterocycles. The van der Waals surface area contributed by atoms with Crippen molar-refractivity contribution in [2.24, 2.45) is 4.99 Å². The summed E-state index contributed by atoms with van der Waals surface area (Å²) in [5.74, 6) is 0.314. The van der Waals surface area contributed by atoms with Gasteiger partial charge in [0.05, 0.1) is 54.8 Å². The van der Waals surface area contributed by atoms with Gasteiger partial charge in [0.15, 0.2) is 27.8 Å². The largest absolute Gasteiger partial charge is 0.493 e. The van der Waals surface area contributed by atoms with E-state index in [9.17, 15) is 19.5 Å². The molecule has 0 saturated carbocycles. The molecule has 0 spiro atoms. The fourth-order valence-corrected chi connectivity index (χ4v) is 6.29. The van der Waals surface area contributed by atoms with Gasteiger partial charge in [0.1, 0.15) is 6.61 Å². The third kappa shape index (κ3) is 6.92. The van der Waals surface area contributed by atoms with Gasteiger partial charge in [-0.3, -0.25) is 9.36 Å². The lowest BCUT2D eigenvalue weighted by atomic mass is 9.95. The number of fused-ring (bicyclic) bond motifs is 1. The summed E-state index contributed by atoms with van der Waals surface area (Å²) in [5, 5.41) is 9.27. The van der Waals surface area contributed by atoms with Gasteiger partial charge >= 0.3 is 11.9 Å². The van der Waals surface area contributed by atoms with Crippen molar-refractivity contribution in [3.8, 4) is 23.0 Å². The molecule has 0 fully saturated rings. The summed E-state index contributed by atoms with van der Waals surface area (Å²) >= 11 is 1.20. The Hall–Kier alpha value is -5.36. The average Bonchev–Trinajstić information content (AvgIpc) is 3.37. The van der Waals surface area contributed by atoms with E-state index in [4.69, 9.17) is 23.7 Å². The summed E-state index contributed by atoms with van der Waals surface area (Å²) in [7, 11) is 3.05. The number of nitrogens with zero attached hydrogens (tertiary/aromatic N) is 2. The lowest BCUT2D eigenvalue weighted by molar-refractivity contribution is -0.139. The topological polar surface area (TPSA) is 135 Å². The van der Waals surface area contributed by atoms with Crippen molar-refractivity contribution in [1.29, 1.82) is 0 Å². The third-order valence-electron chi connectivity index (χ3n) is 7.37. The Balaban J connectivity index is 1.55. The molecule has 4 aromatic rings. The standard InChI is InChI=1S/C35H34N2O9S/c1-6-44-28-18-23(12-14-25(28)42-4)31-30(34(41)45-7-2)20(3)36-35-37(31)32(38)29(47-35)17-21-11-13-26(27(16-21)43-5)46-19-22-9-8-10-24(15-22)33(39)40/h8-18,31H,6-7,19H2,1-5H3,(H,39,40)/b29-17-/t31-/m0/s1. The Morgan fingerprint density at radius 3 is 2.40 bits per heavy atom. The monoisotopic (exact) mass is 658 g/mol. The van der Waals surface area contributed by atoms with Crippen molar-refractivity contribution in [3.63, 3.8) is 0 Å². The molecule has 0 bridgehead atoms. The number of carbonyl (C=O) groups is 2. The van der Waals surface area contributed by atoms with Gasteiger partial charge in [-0.2, -0.15) is 0 Å². The van der Waals surface area contributed by atoms with Crippen LogP contribution in [-0.4, -0.2) is 49.0 Å². The Kier molecular flexibility index (Phi) is 10.1. The molecule has 0 radical (unpaired) electrons.